The number of carbonyl (C=O) groups is 1. The molecule has 0 fully saturated rings. The third kappa shape index (κ3) is 4.79. The van der Waals surface area contributed by atoms with Gasteiger partial charge in [0, 0.05) is 18.3 Å². The van der Waals surface area contributed by atoms with Crippen LogP contribution in [0.15, 0.2) is 52.6 Å². The molecule has 1 aromatic carbocycles. The number of aryl methyl sites for hydroxylation is 2. The Balaban J connectivity index is 1.43. The molecule has 0 saturated heterocycles. The molecule has 0 radical (unpaired) electrons. The van der Waals surface area contributed by atoms with Gasteiger partial charge in [0.2, 0.25) is 0 Å². The number of nitrogens with zero attached hydrogens (tertiary/aromatic N) is 3. The van der Waals surface area contributed by atoms with Crippen LogP contribution < -0.4 is 16.2 Å². The number of thiazole rings is 1. The van der Waals surface area contributed by atoms with E-state index in [0.29, 0.717) is 5.69 Å². The van der Waals surface area contributed by atoms with Crippen LogP contribution in [-0.2, 0) is 6.54 Å². The summed E-state index contributed by atoms with van der Waals surface area (Å²) in [4.78, 5) is 31.3. The van der Waals surface area contributed by atoms with Crippen molar-refractivity contribution in [2.75, 3.05) is 11.9 Å². The van der Waals surface area contributed by atoms with E-state index < -0.39 is 0 Å². The van der Waals surface area contributed by atoms with Gasteiger partial charge in [0.25, 0.3) is 5.56 Å². The highest BCUT2D eigenvalue weighted by molar-refractivity contribution is 7.23. The molecule has 0 saturated carbocycles. The topological polar surface area (TPSA) is 88.9 Å². The van der Waals surface area contributed by atoms with E-state index in [1.54, 1.807) is 28.7 Å². The van der Waals surface area contributed by atoms with E-state index in [2.05, 4.69) is 20.7 Å². The van der Waals surface area contributed by atoms with Crippen molar-refractivity contribution in [2.24, 2.45) is 0 Å². The van der Waals surface area contributed by atoms with Crippen molar-refractivity contribution in [1.29, 1.82) is 0 Å². The zero-order chi connectivity index (χ0) is 22.7. The van der Waals surface area contributed by atoms with Crippen molar-refractivity contribution >= 4 is 34.4 Å². The summed E-state index contributed by atoms with van der Waals surface area (Å²) < 4.78 is 1.37. The van der Waals surface area contributed by atoms with Crippen LogP contribution in [0.25, 0.3) is 20.5 Å². The molecule has 3 heterocycles. The maximum atomic E-state index is 12.3. The van der Waals surface area contributed by atoms with Crippen LogP contribution in [0.3, 0.4) is 0 Å². The predicted molar refractivity (Wildman–Crippen MR) is 131 cm³/mol. The van der Waals surface area contributed by atoms with Gasteiger partial charge < -0.3 is 10.6 Å². The van der Waals surface area contributed by atoms with E-state index in [1.807, 2.05) is 56.5 Å². The summed E-state index contributed by atoms with van der Waals surface area (Å²) in [5.41, 5.74) is 4.25. The summed E-state index contributed by atoms with van der Waals surface area (Å²) in [6, 6.07) is 12.7. The largest absolute Gasteiger partial charge is 0.336 e. The Morgan fingerprint density at radius 2 is 1.94 bits per heavy atom. The van der Waals surface area contributed by atoms with Gasteiger partial charge in [-0.25, -0.2) is 14.5 Å². The van der Waals surface area contributed by atoms with Crippen LogP contribution in [0.5, 0.6) is 0 Å². The molecule has 0 atom stereocenters. The summed E-state index contributed by atoms with van der Waals surface area (Å²) in [6.07, 6.45) is 0. The third-order valence-electron chi connectivity index (χ3n) is 5.09. The van der Waals surface area contributed by atoms with E-state index in [-0.39, 0.29) is 24.7 Å². The molecular formula is C23H23N5O2S2. The standard InChI is InChI=1S/C23H23N5O2S2/c1-14-6-4-7-17(15(14)2)26-23(30)24-11-12-28-20(29)10-9-18(27-28)21-16(3)25-22(32-21)19-8-5-13-31-19/h4-10,13H,11-12H2,1-3H3,(H2,24,26,30). The highest BCUT2D eigenvalue weighted by Crippen LogP contribution is 2.35. The maximum Gasteiger partial charge on any atom is 0.319 e. The van der Waals surface area contributed by atoms with Gasteiger partial charge in [-0.3, -0.25) is 4.79 Å². The van der Waals surface area contributed by atoms with Crippen molar-refractivity contribution in [3.63, 3.8) is 0 Å². The fraction of sp³-hybridized carbons (Fsp3) is 0.217. The minimum Gasteiger partial charge on any atom is -0.336 e. The normalized spacial score (nSPS) is 10.8. The molecule has 4 aromatic rings. The number of hydrogen-bond donors (Lipinski definition) is 2. The Bertz CT molecular complexity index is 1310. The first-order valence-corrected chi connectivity index (χ1v) is 11.8. The van der Waals surface area contributed by atoms with Crippen molar-refractivity contribution in [3.8, 4) is 20.5 Å². The lowest BCUT2D eigenvalue weighted by Gasteiger charge is -2.12. The fourth-order valence-electron chi connectivity index (χ4n) is 3.20. The number of amides is 2. The number of hydrogen-bond acceptors (Lipinski definition) is 6. The van der Waals surface area contributed by atoms with Crippen molar-refractivity contribution < 1.29 is 4.79 Å². The van der Waals surface area contributed by atoms with Gasteiger partial charge in [0.15, 0.2) is 0 Å². The second kappa shape index (κ2) is 9.46. The molecule has 4 rings (SSSR count). The highest BCUT2D eigenvalue weighted by atomic mass is 32.1. The molecule has 164 valence electrons. The molecule has 0 unspecified atom stereocenters. The van der Waals surface area contributed by atoms with E-state index in [1.165, 1.54) is 10.7 Å². The van der Waals surface area contributed by atoms with Gasteiger partial charge in [-0.2, -0.15) is 5.10 Å². The smallest absolute Gasteiger partial charge is 0.319 e. The number of rotatable bonds is 6. The molecule has 3 aromatic heterocycles. The summed E-state index contributed by atoms with van der Waals surface area (Å²) in [5, 5.41) is 13.1. The lowest BCUT2D eigenvalue weighted by Crippen LogP contribution is -2.34. The lowest BCUT2D eigenvalue weighted by atomic mass is 10.1. The first kappa shape index (κ1) is 21.9. The minimum atomic E-state index is -0.318. The van der Waals surface area contributed by atoms with Crippen LogP contribution in [0, 0.1) is 20.8 Å². The van der Waals surface area contributed by atoms with E-state index >= 15 is 0 Å². The summed E-state index contributed by atoms with van der Waals surface area (Å²) in [6.45, 7) is 6.44. The number of nitrogens with one attached hydrogen (secondary N) is 2. The van der Waals surface area contributed by atoms with Crippen molar-refractivity contribution in [1.82, 2.24) is 20.1 Å². The fourth-order valence-corrected chi connectivity index (χ4v) is 5.03. The van der Waals surface area contributed by atoms with Crippen molar-refractivity contribution in [2.45, 2.75) is 27.3 Å². The summed E-state index contributed by atoms with van der Waals surface area (Å²) in [7, 11) is 0. The molecule has 0 bridgehead atoms. The molecule has 7 nitrogen and oxygen atoms in total. The Hall–Kier alpha value is -3.30. The zero-order valence-electron chi connectivity index (χ0n) is 18.0. The summed E-state index contributed by atoms with van der Waals surface area (Å²) >= 11 is 3.20. The predicted octanol–water partition coefficient (Wildman–Crippen LogP) is 4.84. The highest BCUT2D eigenvalue weighted by Gasteiger charge is 2.14. The molecule has 0 aliphatic heterocycles. The monoisotopic (exact) mass is 465 g/mol. The zero-order valence-corrected chi connectivity index (χ0v) is 19.6. The molecule has 32 heavy (non-hydrogen) atoms. The second-order valence-electron chi connectivity index (χ2n) is 7.32. The number of benzene rings is 1. The number of thiophene rings is 1. The second-order valence-corrected chi connectivity index (χ2v) is 9.27. The molecule has 0 aliphatic carbocycles. The van der Waals surface area contributed by atoms with Crippen LogP contribution >= 0.6 is 22.7 Å². The van der Waals surface area contributed by atoms with Gasteiger partial charge in [0.1, 0.15) is 10.7 Å². The van der Waals surface area contributed by atoms with Gasteiger partial charge in [-0.05, 0) is 55.5 Å². The Morgan fingerprint density at radius 3 is 2.72 bits per heavy atom. The number of anilines is 1. The molecule has 2 N–H and O–H groups in total. The number of urea groups is 1. The molecule has 0 spiro atoms. The molecular weight excluding hydrogens is 442 g/mol. The average molecular weight is 466 g/mol. The summed E-state index contributed by atoms with van der Waals surface area (Å²) in [5.74, 6) is 0. The van der Waals surface area contributed by atoms with Crippen LogP contribution in [0.2, 0.25) is 0 Å². The Labute approximate surface area is 193 Å². The lowest BCUT2D eigenvalue weighted by molar-refractivity contribution is 0.251. The average Bonchev–Trinajstić information content (AvgIpc) is 3.43. The van der Waals surface area contributed by atoms with Gasteiger partial charge in [0.05, 0.1) is 22.0 Å². The van der Waals surface area contributed by atoms with Crippen LogP contribution in [0.4, 0.5) is 10.5 Å². The van der Waals surface area contributed by atoms with E-state index in [9.17, 15) is 9.59 Å². The third-order valence-corrected chi connectivity index (χ3v) is 7.31. The number of aromatic nitrogens is 3. The SMILES string of the molecule is Cc1cccc(NC(=O)NCCn2nc(-c3sc(-c4cccs4)nc3C)ccc2=O)c1C. The van der Waals surface area contributed by atoms with E-state index in [4.69, 9.17) is 0 Å². The minimum absolute atomic E-state index is 0.217. The maximum absolute atomic E-state index is 12.3. The van der Waals surface area contributed by atoms with Crippen molar-refractivity contribution in [3.05, 3.63) is 75.0 Å². The Morgan fingerprint density at radius 1 is 1.09 bits per heavy atom. The quantitative estimate of drug-likeness (QED) is 0.426. The number of carbonyl (C=O) groups excluding carboxylic acids is 1. The Kier molecular flexibility index (Phi) is 6.48. The first-order valence-electron chi connectivity index (χ1n) is 10.1. The van der Waals surface area contributed by atoms with E-state index in [0.717, 1.165) is 37.3 Å². The molecule has 2 amide bonds. The van der Waals surface area contributed by atoms with Crippen LogP contribution in [0.1, 0.15) is 16.8 Å². The van der Waals surface area contributed by atoms with Gasteiger partial charge in [-0.1, -0.05) is 18.2 Å². The van der Waals surface area contributed by atoms with Crippen LogP contribution in [-0.4, -0.2) is 27.3 Å². The molecule has 0 aliphatic rings. The van der Waals surface area contributed by atoms with Gasteiger partial charge >= 0.3 is 6.03 Å². The molecule has 9 heteroatoms. The first-order chi connectivity index (χ1) is 15.4. The van der Waals surface area contributed by atoms with Gasteiger partial charge in [-0.15, -0.1) is 22.7 Å².